The van der Waals surface area contributed by atoms with Crippen LogP contribution in [0.2, 0.25) is 0 Å². The first kappa shape index (κ1) is 9.62. The summed E-state index contributed by atoms with van der Waals surface area (Å²) in [4.78, 5) is 2.77. The van der Waals surface area contributed by atoms with Gasteiger partial charge in [0.1, 0.15) is 0 Å². The van der Waals surface area contributed by atoms with E-state index in [-0.39, 0.29) is 0 Å². The van der Waals surface area contributed by atoms with E-state index in [2.05, 4.69) is 29.1 Å². The average Bonchev–Trinajstić information content (AvgIpc) is 2.21. The SMILES string of the molecule is CCC(CN=[N+]=[N-])c1ccccc1. The highest BCUT2D eigenvalue weighted by Gasteiger charge is 2.06. The van der Waals surface area contributed by atoms with Crippen LogP contribution in [0.1, 0.15) is 24.8 Å². The molecular formula is C10H13N3. The smallest absolute Gasteiger partial charge is 0.0326 e. The molecule has 0 fully saturated rings. The van der Waals surface area contributed by atoms with Crippen molar-refractivity contribution in [3.05, 3.63) is 46.3 Å². The molecule has 1 aromatic rings. The fourth-order valence-corrected chi connectivity index (χ4v) is 1.33. The van der Waals surface area contributed by atoms with Crippen LogP contribution in [-0.2, 0) is 0 Å². The quantitative estimate of drug-likeness (QED) is 0.382. The molecule has 0 N–H and O–H groups in total. The zero-order valence-electron chi connectivity index (χ0n) is 7.72. The molecule has 3 heteroatoms. The van der Waals surface area contributed by atoms with E-state index in [0.29, 0.717) is 12.5 Å². The molecule has 1 atom stereocenters. The maximum Gasteiger partial charge on any atom is 0.0326 e. The fraction of sp³-hybridized carbons (Fsp3) is 0.400. The summed E-state index contributed by atoms with van der Waals surface area (Å²) in [5, 5.41) is 3.60. The maximum absolute atomic E-state index is 8.22. The molecule has 1 unspecified atom stereocenters. The van der Waals surface area contributed by atoms with Crippen molar-refractivity contribution in [3.8, 4) is 0 Å². The Balaban J connectivity index is 2.72. The van der Waals surface area contributed by atoms with Gasteiger partial charge in [-0.15, -0.1) is 0 Å². The maximum atomic E-state index is 8.22. The van der Waals surface area contributed by atoms with Crippen molar-refractivity contribution in [2.75, 3.05) is 6.54 Å². The number of nitrogens with zero attached hydrogens (tertiary/aromatic N) is 3. The lowest BCUT2D eigenvalue weighted by Crippen LogP contribution is -2.00. The summed E-state index contributed by atoms with van der Waals surface area (Å²) in [6.07, 6.45) is 1.00. The molecular weight excluding hydrogens is 162 g/mol. The van der Waals surface area contributed by atoms with E-state index in [0.717, 1.165) is 6.42 Å². The van der Waals surface area contributed by atoms with Crippen LogP contribution in [0.25, 0.3) is 10.4 Å². The van der Waals surface area contributed by atoms with E-state index in [1.165, 1.54) is 5.56 Å². The highest BCUT2D eigenvalue weighted by atomic mass is 15.1. The van der Waals surface area contributed by atoms with Gasteiger partial charge in [-0.2, -0.15) is 0 Å². The number of azide groups is 1. The molecule has 3 nitrogen and oxygen atoms in total. The lowest BCUT2D eigenvalue weighted by molar-refractivity contribution is 0.672. The summed E-state index contributed by atoms with van der Waals surface area (Å²) < 4.78 is 0. The third-order valence-corrected chi connectivity index (χ3v) is 2.13. The van der Waals surface area contributed by atoms with Crippen molar-refractivity contribution >= 4 is 0 Å². The number of hydrogen-bond acceptors (Lipinski definition) is 1. The van der Waals surface area contributed by atoms with Crippen LogP contribution in [0.4, 0.5) is 0 Å². The Hall–Kier alpha value is -1.47. The number of rotatable bonds is 4. The number of benzene rings is 1. The van der Waals surface area contributed by atoms with E-state index in [1.54, 1.807) is 0 Å². The molecule has 0 saturated heterocycles. The first-order valence-corrected chi connectivity index (χ1v) is 4.44. The van der Waals surface area contributed by atoms with Gasteiger partial charge in [0.2, 0.25) is 0 Å². The molecule has 0 saturated carbocycles. The summed E-state index contributed by atoms with van der Waals surface area (Å²) in [5.41, 5.74) is 9.46. The second kappa shape index (κ2) is 5.22. The van der Waals surface area contributed by atoms with Crippen molar-refractivity contribution in [2.24, 2.45) is 5.11 Å². The molecule has 1 aromatic carbocycles. The molecule has 0 heterocycles. The van der Waals surface area contributed by atoms with Gasteiger partial charge in [-0.1, -0.05) is 42.4 Å². The molecule has 0 aromatic heterocycles. The van der Waals surface area contributed by atoms with E-state index in [1.807, 2.05) is 18.2 Å². The van der Waals surface area contributed by atoms with Crippen LogP contribution in [0, 0.1) is 0 Å². The summed E-state index contributed by atoms with van der Waals surface area (Å²) >= 11 is 0. The van der Waals surface area contributed by atoms with Crippen molar-refractivity contribution < 1.29 is 0 Å². The Bertz CT molecular complexity index is 288. The normalized spacial score (nSPS) is 11.8. The molecule has 13 heavy (non-hydrogen) atoms. The zero-order chi connectivity index (χ0) is 9.52. The van der Waals surface area contributed by atoms with Gasteiger partial charge < -0.3 is 0 Å². The highest BCUT2D eigenvalue weighted by Crippen LogP contribution is 2.19. The topological polar surface area (TPSA) is 48.8 Å². The van der Waals surface area contributed by atoms with Gasteiger partial charge in [0.15, 0.2) is 0 Å². The van der Waals surface area contributed by atoms with Crippen molar-refractivity contribution in [1.82, 2.24) is 0 Å². The van der Waals surface area contributed by atoms with Gasteiger partial charge >= 0.3 is 0 Å². The van der Waals surface area contributed by atoms with Gasteiger partial charge in [-0.25, -0.2) is 0 Å². The lowest BCUT2D eigenvalue weighted by atomic mass is 9.97. The van der Waals surface area contributed by atoms with E-state index in [9.17, 15) is 0 Å². The van der Waals surface area contributed by atoms with Crippen LogP contribution in [0.5, 0.6) is 0 Å². The minimum absolute atomic E-state index is 0.358. The Kier molecular flexibility index (Phi) is 3.86. The van der Waals surface area contributed by atoms with Crippen molar-refractivity contribution in [2.45, 2.75) is 19.3 Å². The molecule has 1 rings (SSSR count). The molecule has 0 aliphatic heterocycles. The summed E-state index contributed by atoms with van der Waals surface area (Å²) in [5.74, 6) is 0.358. The summed E-state index contributed by atoms with van der Waals surface area (Å²) in [6.45, 7) is 2.65. The van der Waals surface area contributed by atoms with Crippen molar-refractivity contribution in [1.29, 1.82) is 0 Å². The van der Waals surface area contributed by atoms with Crippen molar-refractivity contribution in [3.63, 3.8) is 0 Å². The molecule has 0 bridgehead atoms. The minimum Gasteiger partial charge on any atom is -0.0933 e. The van der Waals surface area contributed by atoms with Crippen LogP contribution in [0.3, 0.4) is 0 Å². The monoisotopic (exact) mass is 175 g/mol. The Morgan fingerprint density at radius 3 is 2.62 bits per heavy atom. The highest BCUT2D eigenvalue weighted by molar-refractivity contribution is 5.19. The number of hydrogen-bond donors (Lipinski definition) is 0. The van der Waals surface area contributed by atoms with E-state index < -0.39 is 0 Å². The first-order chi connectivity index (χ1) is 6.38. The van der Waals surface area contributed by atoms with Gasteiger partial charge in [-0.3, -0.25) is 0 Å². The van der Waals surface area contributed by atoms with Crippen LogP contribution in [0.15, 0.2) is 35.4 Å². The van der Waals surface area contributed by atoms with Crippen LogP contribution >= 0.6 is 0 Å². The van der Waals surface area contributed by atoms with Crippen LogP contribution < -0.4 is 0 Å². The van der Waals surface area contributed by atoms with Gasteiger partial charge in [0.05, 0.1) is 0 Å². The first-order valence-electron chi connectivity index (χ1n) is 4.44. The summed E-state index contributed by atoms with van der Waals surface area (Å²) in [6, 6.07) is 10.1. The second-order valence-electron chi connectivity index (χ2n) is 2.93. The third-order valence-electron chi connectivity index (χ3n) is 2.13. The van der Waals surface area contributed by atoms with E-state index in [4.69, 9.17) is 5.53 Å². The summed E-state index contributed by atoms with van der Waals surface area (Å²) in [7, 11) is 0. The molecule has 0 aliphatic carbocycles. The van der Waals surface area contributed by atoms with E-state index >= 15 is 0 Å². The second-order valence-corrected chi connectivity index (χ2v) is 2.93. The third kappa shape index (κ3) is 2.80. The van der Waals surface area contributed by atoms with Gasteiger partial charge in [0, 0.05) is 11.5 Å². The van der Waals surface area contributed by atoms with Crippen LogP contribution in [-0.4, -0.2) is 6.54 Å². The molecule has 0 aliphatic rings. The van der Waals surface area contributed by atoms with Gasteiger partial charge in [-0.05, 0) is 23.4 Å². The average molecular weight is 175 g/mol. The minimum atomic E-state index is 0.358. The predicted molar refractivity (Wildman–Crippen MR) is 53.5 cm³/mol. The molecule has 0 amide bonds. The Labute approximate surface area is 78.0 Å². The largest absolute Gasteiger partial charge is 0.0933 e. The molecule has 68 valence electrons. The van der Waals surface area contributed by atoms with Gasteiger partial charge in [0.25, 0.3) is 0 Å². The fourth-order valence-electron chi connectivity index (χ4n) is 1.33. The Morgan fingerprint density at radius 1 is 1.38 bits per heavy atom. The predicted octanol–water partition coefficient (Wildman–Crippen LogP) is 3.49. The Morgan fingerprint density at radius 2 is 2.08 bits per heavy atom. The molecule has 0 radical (unpaired) electrons. The lowest BCUT2D eigenvalue weighted by Gasteiger charge is -2.11. The molecule has 0 spiro atoms. The zero-order valence-corrected chi connectivity index (χ0v) is 7.72. The standard InChI is InChI=1S/C10H13N3/c1-2-9(8-12-13-11)10-6-4-3-5-7-10/h3-7,9H,2,8H2,1H3.